The lowest BCUT2D eigenvalue weighted by atomic mass is 10.1. The summed E-state index contributed by atoms with van der Waals surface area (Å²) in [4.78, 5) is 0. The number of hydrogen-bond acceptors (Lipinski definition) is 4. The molecule has 3 nitrogen and oxygen atoms in total. The second-order valence-corrected chi connectivity index (χ2v) is 4.90. The number of ether oxygens (including phenoxy) is 2. The van der Waals surface area contributed by atoms with E-state index in [1.54, 1.807) is 0 Å². The summed E-state index contributed by atoms with van der Waals surface area (Å²) in [5.74, 6) is 2.81. The largest absolute Gasteiger partial charge is 0.490 e. The summed E-state index contributed by atoms with van der Waals surface area (Å²) in [7, 11) is 0. The predicted octanol–water partition coefficient (Wildman–Crippen LogP) is 2.72. The first kappa shape index (κ1) is 15.2. The molecule has 1 rings (SSSR count). The van der Waals surface area contributed by atoms with Gasteiger partial charge in [-0.2, -0.15) is 11.8 Å². The molecule has 0 unspecified atom stereocenters. The molecule has 18 heavy (non-hydrogen) atoms. The summed E-state index contributed by atoms with van der Waals surface area (Å²) in [6, 6.07) is 6.00. The molecule has 0 aliphatic rings. The number of rotatable bonds is 9. The minimum atomic E-state index is 0.622. The Hall–Kier alpha value is -0.870. The minimum absolute atomic E-state index is 0.622. The molecule has 0 fully saturated rings. The zero-order valence-electron chi connectivity index (χ0n) is 11.3. The van der Waals surface area contributed by atoms with Gasteiger partial charge < -0.3 is 15.2 Å². The van der Waals surface area contributed by atoms with Gasteiger partial charge in [-0.3, -0.25) is 0 Å². The van der Waals surface area contributed by atoms with Crippen molar-refractivity contribution in [1.29, 1.82) is 0 Å². The van der Waals surface area contributed by atoms with Crippen molar-refractivity contribution in [1.82, 2.24) is 0 Å². The molecule has 0 aliphatic heterocycles. The SMILES string of the molecule is CCOc1cccc(CCN)c1OCCCSC. The van der Waals surface area contributed by atoms with E-state index in [0.717, 1.165) is 42.3 Å². The maximum atomic E-state index is 5.88. The number of para-hydroxylation sites is 1. The lowest BCUT2D eigenvalue weighted by Crippen LogP contribution is -2.08. The maximum absolute atomic E-state index is 5.88. The molecule has 0 aliphatic carbocycles. The van der Waals surface area contributed by atoms with E-state index in [0.29, 0.717) is 13.2 Å². The van der Waals surface area contributed by atoms with Crippen LogP contribution < -0.4 is 15.2 Å². The van der Waals surface area contributed by atoms with Gasteiger partial charge in [-0.1, -0.05) is 12.1 Å². The van der Waals surface area contributed by atoms with Crippen molar-refractivity contribution in [2.24, 2.45) is 5.73 Å². The van der Waals surface area contributed by atoms with E-state index in [4.69, 9.17) is 15.2 Å². The second-order valence-electron chi connectivity index (χ2n) is 3.91. The highest BCUT2D eigenvalue weighted by molar-refractivity contribution is 7.98. The first-order valence-electron chi connectivity index (χ1n) is 6.40. The molecular weight excluding hydrogens is 246 g/mol. The zero-order valence-corrected chi connectivity index (χ0v) is 12.1. The van der Waals surface area contributed by atoms with E-state index >= 15 is 0 Å². The Morgan fingerprint density at radius 2 is 2.11 bits per heavy atom. The highest BCUT2D eigenvalue weighted by Gasteiger charge is 2.10. The average Bonchev–Trinajstić information content (AvgIpc) is 2.38. The molecule has 1 aromatic carbocycles. The van der Waals surface area contributed by atoms with Gasteiger partial charge in [0.05, 0.1) is 13.2 Å². The first-order valence-corrected chi connectivity index (χ1v) is 7.79. The molecule has 0 atom stereocenters. The molecule has 0 radical (unpaired) electrons. The summed E-state index contributed by atoms with van der Waals surface area (Å²) in [5.41, 5.74) is 6.76. The van der Waals surface area contributed by atoms with Crippen molar-refractivity contribution in [3.8, 4) is 11.5 Å². The van der Waals surface area contributed by atoms with Gasteiger partial charge in [-0.25, -0.2) is 0 Å². The van der Waals surface area contributed by atoms with Gasteiger partial charge in [0.25, 0.3) is 0 Å². The van der Waals surface area contributed by atoms with Gasteiger partial charge in [0.15, 0.2) is 11.5 Å². The Morgan fingerprint density at radius 3 is 2.78 bits per heavy atom. The molecule has 0 heterocycles. The monoisotopic (exact) mass is 269 g/mol. The van der Waals surface area contributed by atoms with Crippen LogP contribution in [0, 0.1) is 0 Å². The number of nitrogens with two attached hydrogens (primary N) is 1. The average molecular weight is 269 g/mol. The Kier molecular flexibility index (Phi) is 7.69. The summed E-state index contributed by atoms with van der Waals surface area (Å²) in [5, 5.41) is 0. The van der Waals surface area contributed by atoms with Crippen LogP contribution in [0.1, 0.15) is 18.9 Å². The van der Waals surface area contributed by atoms with Crippen LogP contribution >= 0.6 is 11.8 Å². The molecule has 0 spiro atoms. The topological polar surface area (TPSA) is 44.5 Å². The summed E-state index contributed by atoms with van der Waals surface area (Å²) in [6.07, 6.45) is 3.97. The smallest absolute Gasteiger partial charge is 0.164 e. The normalized spacial score (nSPS) is 10.4. The molecule has 1 aromatic rings. The van der Waals surface area contributed by atoms with Gasteiger partial charge in [0.1, 0.15) is 0 Å². The molecule has 0 amide bonds. The molecular formula is C14H23NO2S. The molecule has 0 bridgehead atoms. The second kappa shape index (κ2) is 9.11. The third kappa shape index (κ3) is 4.78. The quantitative estimate of drug-likeness (QED) is 0.700. The van der Waals surface area contributed by atoms with E-state index in [1.165, 1.54) is 0 Å². The van der Waals surface area contributed by atoms with Crippen molar-refractivity contribution in [2.45, 2.75) is 19.8 Å². The fourth-order valence-corrected chi connectivity index (χ4v) is 2.13. The standard InChI is InChI=1S/C14H23NO2S/c1-3-16-13-7-4-6-12(8-9-15)14(13)17-10-5-11-18-2/h4,6-7H,3,5,8-11,15H2,1-2H3. The maximum Gasteiger partial charge on any atom is 0.164 e. The lowest BCUT2D eigenvalue weighted by Gasteiger charge is -2.15. The van der Waals surface area contributed by atoms with Crippen LogP contribution in [-0.2, 0) is 6.42 Å². The molecule has 0 aromatic heterocycles. The van der Waals surface area contributed by atoms with Crippen LogP contribution in [0.4, 0.5) is 0 Å². The Balaban J connectivity index is 2.74. The molecule has 102 valence electrons. The van der Waals surface area contributed by atoms with Crippen LogP contribution in [0.3, 0.4) is 0 Å². The fourth-order valence-electron chi connectivity index (χ4n) is 1.72. The van der Waals surface area contributed by atoms with Crippen LogP contribution in [-0.4, -0.2) is 31.8 Å². The number of thioether (sulfide) groups is 1. The van der Waals surface area contributed by atoms with Gasteiger partial charge >= 0.3 is 0 Å². The highest BCUT2D eigenvalue weighted by Crippen LogP contribution is 2.31. The lowest BCUT2D eigenvalue weighted by molar-refractivity contribution is 0.275. The van der Waals surface area contributed by atoms with E-state index < -0.39 is 0 Å². The zero-order chi connectivity index (χ0) is 13.2. The van der Waals surface area contributed by atoms with Gasteiger partial charge in [0.2, 0.25) is 0 Å². The number of hydrogen-bond donors (Lipinski definition) is 1. The molecule has 2 N–H and O–H groups in total. The van der Waals surface area contributed by atoms with Crippen LogP contribution in [0.5, 0.6) is 11.5 Å². The van der Waals surface area contributed by atoms with Crippen LogP contribution in [0.25, 0.3) is 0 Å². The van der Waals surface area contributed by atoms with Crippen molar-refractivity contribution in [3.63, 3.8) is 0 Å². The Bertz CT molecular complexity index is 320. The van der Waals surface area contributed by atoms with E-state index in [9.17, 15) is 0 Å². The molecule has 4 heteroatoms. The van der Waals surface area contributed by atoms with Crippen LogP contribution in [0.15, 0.2) is 18.2 Å². The molecule has 0 saturated heterocycles. The Labute approximate surface area is 114 Å². The fraction of sp³-hybridized carbons (Fsp3) is 0.571. The van der Waals surface area contributed by atoms with Crippen LogP contribution in [0.2, 0.25) is 0 Å². The highest BCUT2D eigenvalue weighted by atomic mass is 32.2. The molecule has 0 saturated carbocycles. The van der Waals surface area contributed by atoms with Crippen molar-refractivity contribution >= 4 is 11.8 Å². The van der Waals surface area contributed by atoms with Crippen molar-refractivity contribution in [2.75, 3.05) is 31.8 Å². The summed E-state index contributed by atoms with van der Waals surface area (Å²) in [6.45, 7) is 3.97. The minimum Gasteiger partial charge on any atom is -0.490 e. The van der Waals surface area contributed by atoms with E-state index in [-0.39, 0.29) is 0 Å². The Morgan fingerprint density at radius 1 is 1.28 bits per heavy atom. The van der Waals surface area contributed by atoms with Gasteiger partial charge in [-0.05, 0) is 49.9 Å². The van der Waals surface area contributed by atoms with E-state index in [1.807, 2.05) is 30.8 Å². The first-order chi connectivity index (χ1) is 8.83. The summed E-state index contributed by atoms with van der Waals surface area (Å²) >= 11 is 1.83. The third-order valence-electron chi connectivity index (χ3n) is 2.51. The van der Waals surface area contributed by atoms with E-state index in [2.05, 4.69) is 12.3 Å². The van der Waals surface area contributed by atoms with Gasteiger partial charge in [-0.15, -0.1) is 0 Å². The summed E-state index contributed by atoms with van der Waals surface area (Å²) < 4.78 is 11.5. The van der Waals surface area contributed by atoms with Gasteiger partial charge in [0, 0.05) is 0 Å². The van der Waals surface area contributed by atoms with Crippen molar-refractivity contribution in [3.05, 3.63) is 23.8 Å². The number of benzene rings is 1. The predicted molar refractivity (Wildman–Crippen MR) is 78.9 cm³/mol. The third-order valence-corrected chi connectivity index (χ3v) is 3.21. The van der Waals surface area contributed by atoms with Crippen molar-refractivity contribution < 1.29 is 9.47 Å².